The van der Waals surface area contributed by atoms with Gasteiger partial charge in [-0.1, -0.05) is 26.2 Å². The molecule has 2 aliphatic rings. The number of likely N-dealkylation sites (N-methyl/N-ethyl adjacent to an activating group) is 1. The summed E-state index contributed by atoms with van der Waals surface area (Å²) in [6, 6.07) is 0.735. The summed E-state index contributed by atoms with van der Waals surface area (Å²) in [5.41, 5.74) is 6.38. The van der Waals surface area contributed by atoms with Gasteiger partial charge in [0.05, 0.1) is 0 Å². The Labute approximate surface area is 125 Å². The second-order valence-corrected chi connectivity index (χ2v) is 7.74. The molecular weight excluding hydrogens is 246 g/mol. The lowest BCUT2D eigenvalue weighted by Crippen LogP contribution is -2.62. The molecule has 1 saturated carbocycles. The lowest BCUT2D eigenvalue weighted by atomic mass is 9.75. The van der Waals surface area contributed by atoms with E-state index in [-0.39, 0.29) is 0 Å². The zero-order valence-corrected chi connectivity index (χ0v) is 14.1. The van der Waals surface area contributed by atoms with Gasteiger partial charge in [0.15, 0.2) is 0 Å². The van der Waals surface area contributed by atoms with Crippen molar-refractivity contribution in [2.75, 3.05) is 33.2 Å². The van der Waals surface area contributed by atoms with Gasteiger partial charge in [0, 0.05) is 31.2 Å². The van der Waals surface area contributed by atoms with Gasteiger partial charge < -0.3 is 5.73 Å². The Bertz CT molecular complexity index is 303. The lowest BCUT2D eigenvalue weighted by Gasteiger charge is -2.51. The summed E-state index contributed by atoms with van der Waals surface area (Å²) < 4.78 is 0. The molecule has 2 rings (SSSR count). The molecular formula is C17H35N3. The predicted molar refractivity (Wildman–Crippen MR) is 86.9 cm³/mol. The fourth-order valence-corrected chi connectivity index (χ4v) is 4.25. The van der Waals surface area contributed by atoms with E-state index in [1.807, 2.05) is 0 Å². The zero-order valence-electron chi connectivity index (χ0n) is 14.1. The molecule has 2 fully saturated rings. The maximum absolute atomic E-state index is 6.08. The summed E-state index contributed by atoms with van der Waals surface area (Å²) in [6.07, 6.45) is 6.88. The highest BCUT2D eigenvalue weighted by atomic mass is 15.3. The van der Waals surface area contributed by atoms with Crippen LogP contribution in [0.1, 0.15) is 52.9 Å². The highest BCUT2D eigenvalue weighted by Gasteiger charge is 2.39. The van der Waals surface area contributed by atoms with Crippen LogP contribution < -0.4 is 5.73 Å². The van der Waals surface area contributed by atoms with Gasteiger partial charge in [-0.2, -0.15) is 0 Å². The third-order valence-electron chi connectivity index (χ3n) is 5.88. The Morgan fingerprint density at radius 2 is 1.95 bits per heavy atom. The van der Waals surface area contributed by atoms with Gasteiger partial charge in [-0.05, 0) is 52.1 Å². The Morgan fingerprint density at radius 1 is 1.20 bits per heavy atom. The largest absolute Gasteiger partial charge is 0.330 e. The van der Waals surface area contributed by atoms with E-state index in [0.29, 0.717) is 5.54 Å². The highest BCUT2D eigenvalue weighted by Crippen LogP contribution is 2.36. The molecule has 20 heavy (non-hydrogen) atoms. The molecule has 1 saturated heterocycles. The van der Waals surface area contributed by atoms with Crippen molar-refractivity contribution in [3.63, 3.8) is 0 Å². The van der Waals surface area contributed by atoms with Gasteiger partial charge in [-0.15, -0.1) is 0 Å². The van der Waals surface area contributed by atoms with Crippen molar-refractivity contribution in [1.29, 1.82) is 0 Å². The molecule has 3 unspecified atom stereocenters. The number of rotatable bonds is 4. The van der Waals surface area contributed by atoms with Crippen LogP contribution in [0.15, 0.2) is 0 Å². The predicted octanol–water partition coefficient (Wildman–Crippen LogP) is 2.56. The Morgan fingerprint density at radius 3 is 2.55 bits per heavy atom. The van der Waals surface area contributed by atoms with Crippen LogP contribution in [0.3, 0.4) is 0 Å². The van der Waals surface area contributed by atoms with Crippen LogP contribution >= 0.6 is 0 Å². The molecule has 0 bridgehead atoms. The first-order chi connectivity index (χ1) is 9.47. The summed E-state index contributed by atoms with van der Waals surface area (Å²) in [7, 11) is 2.26. The van der Waals surface area contributed by atoms with E-state index in [4.69, 9.17) is 5.73 Å². The molecule has 3 atom stereocenters. The number of hydrogen-bond acceptors (Lipinski definition) is 3. The van der Waals surface area contributed by atoms with Crippen molar-refractivity contribution >= 4 is 0 Å². The van der Waals surface area contributed by atoms with Crippen molar-refractivity contribution in [3.05, 3.63) is 0 Å². The van der Waals surface area contributed by atoms with Crippen molar-refractivity contribution < 1.29 is 0 Å². The van der Waals surface area contributed by atoms with Gasteiger partial charge in [0.25, 0.3) is 0 Å². The third kappa shape index (κ3) is 3.55. The first-order valence-electron chi connectivity index (χ1n) is 8.63. The Kier molecular flexibility index (Phi) is 5.49. The van der Waals surface area contributed by atoms with Gasteiger partial charge in [0.2, 0.25) is 0 Å². The number of piperazine rings is 1. The molecule has 2 N–H and O–H groups in total. The Hall–Kier alpha value is -0.120. The molecule has 0 aromatic rings. The molecule has 0 aromatic heterocycles. The second-order valence-electron chi connectivity index (χ2n) is 7.74. The van der Waals surface area contributed by atoms with E-state index in [1.165, 1.54) is 51.7 Å². The van der Waals surface area contributed by atoms with Crippen molar-refractivity contribution in [1.82, 2.24) is 9.80 Å². The molecule has 1 aliphatic carbocycles. The van der Waals surface area contributed by atoms with E-state index in [1.54, 1.807) is 0 Å². The van der Waals surface area contributed by atoms with Gasteiger partial charge in [-0.3, -0.25) is 9.80 Å². The molecule has 0 amide bonds. The fourth-order valence-electron chi connectivity index (χ4n) is 4.25. The van der Waals surface area contributed by atoms with Gasteiger partial charge in [0.1, 0.15) is 0 Å². The summed E-state index contributed by atoms with van der Waals surface area (Å²) in [4.78, 5) is 5.27. The van der Waals surface area contributed by atoms with Crippen LogP contribution in [0.4, 0.5) is 0 Å². The van der Waals surface area contributed by atoms with Crippen LogP contribution in [0.2, 0.25) is 0 Å². The molecule has 0 radical (unpaired) electrons. The maximum Gasteiger partial charge on any atom is 0.0277 e. The normalized spacial score (nSPS) is 36.1. The highest BCUT2D eigenvalue weighted by molar-refractivity contribution is 4.95. The smallest absolute Gasteiger partial charge is 0.0277 e. The molecule has 0 spiro atoms. The monoisotopic (exact) mass is 281 g/mol. The molecule has 3 heteroatoms. The van der Waals surface area contributed by atoms with Gasteiger partial charge >= 0.3 is 0 Å². The summed E-state index contributed by atoms with van der Waals surface area (Å²) in [5, 5.41) is 0. The molecule has 1 aliphatic heterocycles. The maximum atomic E-state index is 6.08. The number of nitrogens with two attached hydrogens (primary N) is 1. The average Bonchev–Trinajstić information content (AvgIpc) is 2.42. The number of hydrogen-bond donors (Lipinski definition) is 1. The Balaban J connectivity index is 2.03. The van der Waals surface area contributed by atoms with E-state index in [2.05, 4.69) is 37.6 Å². The minimum Gasteiger partial charge on any atom is -0.330 e. The van der Waals surface area contributed by atoms with Crippen molar-refractivity contribution in [2.45, 2.75) is 64.5 Å². The topological polar surface area (TPSA) is 32.5 Å². The van der Waals surface area contributed by atoms with E-state index in [0.717, 1.165) is 24.4 Å². The first-order valence-corrected chi connectivity index (χ1v) is 8.63. The van der Waals surface area contributed by atoms with Gasteiger partial charge in [-0.25, -0.2) is 0 Å². The van der Waals surface area contributed by atoms with Crippen LogP contribution in [0.25, 0.3) is 0 Å². The molecule has 0 aromatic carbocycles. The van der Waals surface area contributed by atoms with E-state index < -0.39 is 0 Å². The van der Waals surface area contributed by atoms with Crippen LogP contribution in [0, 0.1) is 11.8 Å². The summed E-state index contributed by atoms with van der Waals surface area (Å²) in [6.45, 7) is 11.6. The molecule has 1 heterocycles. The zero-order chi connectivity index (χ0) is 14.8. The molecule has 3 nitrogen and oxygen atoms in total. The average molecular weight is 281 g/mol. The standard InChI is InChI=1S/C17H35N3/c1-5-6-14-7-8-15(12-18)16(11-14)20-10-9-19(4)17(2,3)13-20/h14-16H,5-13,18H2,1-4H3. The quantitative estimate of drug-likeness (QED) is 0.859. The fraction of sp³-hybridized carbons (Fsp3) is 1.00. The van der Waals surface area contributed by atoms with Crippen LogP contribution in [-0.4, -0.2) is 54.6 Å². The molecule has 118 valence electrons. The minimum atomic E-state index is 0.301. The summed E-state index contributed by atoms with van der Waals surface area (Å²) in [5.74, 6) is 1.66. The van der Waals surface area contributed by atoms with E-state index >= 15 is 0 Å². The number of nitrogens with zero attached hydrogens (tertiary/aromatic N) is 2. The minimum absolute atomic E-state index is 0.301. The second kappa shape index (κ2) is 6.76. The van der Waals surface area contributed by atoms with Crippen LogP contribution in [0.5, 0.6) is 0 Å². The SMILES string of the molecule is CCCC1CCC(CN)C(N2CCN(C)C(C)(C)C2)C1. The third-order valence-corrected chi connectivity index (χ3v) is 5.88. The lowest BCUT2D eigenvalue weighted by molar-refractivity contribution is -0.0160. The first kappa shape index (κ1) is 16.3. The summed E-state index contributed by atoms with van der Waals surface area (Å²) >= 11 is 0. The van der Waals surface area contributed by atoms with E-state index in [9.17, 15) is 0 Å². The van der Waals surface area contributed by atoms with Crippen molar-refractivity contribution in [3.8, 4) is 0 Å². The van der Waals surface area contributed by atoms with Crippen LogP contribution in [-0.2, 0) is 0 Å². The van der Waals surface area contributed by atoms with Crippen molar-refractivity contribution in [2.24, 2.45) is 17.6 Å².